The van der Waals surface area contributed by atoms with Gasteiger partial charge in [0, 0.05) is 19.7 Å². The van der Waals surface area contributed by atoms with E-state index >= 15 is 0 Å². The summed E-state index contributed by atoms with van der Waals surface area (Å²) in [6, 6.07) is 11.0. The average molecular weight is 375 g/mol. The van der Waals surface area contributed by atoms with Crippen molar-refractivity contribution < 1.29 is 14.3 Å². The number of aryl methyl sites for hydroxylation is 1. The monoisotopic (exact) mass is 374 g/mol. The summed E-state index contributed by atoms with van der Waals surface area (Å²) in [5.41, 5.74) is 2.86. The summed E-state index contributed by atoms with van der Waals surface area (Å²) in [7, 11) is 3.40. The van der Waals surface area contributed by atoms with E-state index in [1.807, 2.05) is 50.1 Å². The first-order chi connectivity index (χ1) is 12.4. The molecule has 0 heterocycles. The largest absolute Gasteiger partial charge is 0.496 e. The first-order valence-electron chi connectivity index (χ1n) is 8.29. The topological polar surface area (TPSA) is 51.1 Å². The first kappa shape index (κ1) is 19.8. The molecule has 0 spiro atoms. The molecule has 0 aliphatic carbocycles. The van der Waals surface area contributed by atoms with Gasteiger partial charge in [0.1, 0.15) is 17.9 Å². The van der Waals surface area contributed by atoms with Crippen LogP contribution in [0.25, 0.3) is 0 Å². The van der Waals surface area contributed by atoms with E-state index in [0.29, 0.717) is 16.5 Å². The van der Waals surface area contributed by atoms with Crippen molar-refractivity contribution in [1.82, 2.24) is 4.90 Å². The number of halogens is 1. The minimum absolute atomic E-state index is 0.182. The number of aliphatic imine (C=N–C) groups is 1. The molecule has 26 heavy (non-hydrogen) atoms. The number of hydrogen-bond acceptors (Lipinski definition) is 4. The molecular formula is C20H23ClN2O3. The molecular weight excluding hydrogens is 352 g/mol. The molecule has 5 nitrogen and oxygen atoms in total. The molecule has 2 rings (SSSR count). The smallest absolute Gasteiger partial charge is 0.342 e. The molecule has 0 atom stereocenters. The first-order valence-corrected chi connectivity index (χ1v) is 8.67. The van der Waals surface area contributed by atoms with E-state index in [1.165, 1.54) is 13.2 Å². The molecule has 138 valence electrons. The van der Waals surface area contributed by atoms with Crippen LogP contribution in [0.15, 0.2) is 41.4 Å². The van der Waals surface area contributed by atoms with Crippen molar-refractivity contribution in [3.63, 3.8) is 0 Å². The maximum Gasteiger partial charge on any atom is 0.342 e. The van der Waals surface area contributed by atoms with Crippen molar-refractivity contribution >= 4 is 29.6 Å². The standard InChI is InChI=1S/C20H23ClN2O3/c1-5-23(3)13-22-18-11-19(25-4)16(10-17(18)21)20(24)26-12-15-8-6-14(2)7-9-15/h6-11,13H,5,12H2,1-4H3. The van der Waals surface area contributed by atoms with Gasteiger partial charge in [-0.15, -0.1) is 0 Å². The number of carbonyl (C=O) groups excluding carboxylic acids is 1. The van der Waals surface area contributed by atoms with Gasteiger partial charge in [0.05, 0.1) is 24.2 Å². The Bertz CT molecular complexity index is 788. The van der Waals surface area contributed by atoms with Crippen LogP contribution >= 0.6 is 11.6 Å². The Kier molecular flexibility index (Phi) is 7.04. The molecule has 0 fully saturated rings. The zero-order valence-corrected chi connectivity index (χ0v) is 16.2. The van der Waals surface area contributed by atoms with Gasteiger partial charge in [0.25, 0.3) is 0 Å². The van der Waals surface area contributed by atoms with E-state index in [4.69, 9.17) is 21.1 Å². The molecule has 0 saturated carbocycles. The number of benzene rings is 2. The number of nitrogens with zero attached hydrogens (tertiary/aromatic N) is 2. The number of methoxy groups -OCH3 is 1. The maximum absolute atomic E-state index is 12.4. The van der Waals surface area contributed by atoms with Crippen molar-refractivity contribution in [2.75, 3.05) is 20.7 Å². The Morgan fingerprint density at radius 1 is 1.27 bits per heavy atom. The van der Waals surface area contributed by atoms with Gasteiger partial charge in [-0.1, -0.05) is 41.4 Å². The fourth-order valence-corrected chi connectivity index (χ4v) is 2.34. The van der Waals surface area contributed by atoms with Crippen LogP contribution in [0, 0.1) is 6.92 Å². The van der Waals surface area contributed by atoms with Gasteiger partial charge in [0.15, 0.2) is 0 Å². The molecule has 2 aromatic rings. The second-order valence-corrected chi connectivity index (χ2v) is 6.29. The fraction of sp³-hybridized carbons (Fsp3) is 0.300. The van der Waals surface area contributed by atoms with Gasteiger partial charge in [-0.05, 0) is 25.5 Å². The molecule has 2 aromatic carbocycles. The van der Waals surface area contributed by atoms with Gasteiger partial charge >= 0.3 is 5.97 Å². The van der Waals surface area contributed by atoms with Gasteiger partial charge in [-0.3, -0.25) is 0 Å². The molecule has 0 N–H and O–H groups in total. The van der Waals surface area contributed by atoms with Crippen LogP contribution in [0.1, 0.15) is 28.4 Å². The van der Waals surface area contributed by atoms with Gasteiger partial charge in [-0.2, -0.15) is 0 Å². The third-order valence-corrected chi connectivity index (χ3v) is 4.17. The van der Waals surface area contributed by atoms with Crippen molar-refractivity contribution in [2.45, 2.75) is 20.5 Å². The summed E-state index contributed by atoms with van der Waals surface area (Å²) < 4.78 is 10.7. The van der Waals surface area contributed by atoms with Gasteiger partial charge in [0.2, 0.25) is 0 Å². The Hall–Kier alpha value is -2.53. The lowest BCUT2D eigenvalue weighted by molar-refractivity contribution is 0.0469. The summed E-state index contributed by atoms with van der Waals surface area (Å²) in [5.74, 6) is -0.125. The van der Waals surface area contributed by atoms with Crippen molar-refractivity contribution in [1.29, 1.82) is 0 Å². The van der Waals surface area contributed by atoms with Crippen LogP contribution in [-0.4, -0.2) is 37.9 Å². The van der Waals surface area contributed by atoms with E-state index < -0.39 is 5.97 Å². The molecule has 0 saturated heterocycles. The fourth-order valence-electron chi connectivity index (χ4n) is 2.12. The molecule has 0 aliphatic rings. The lowest BCUT2D eigenvalue weighted by Crippen LogP contribution is -2.14. The third kappa shape index (κ3) is 5.23. The number of esters is 1. The molecule has 0 amide bonds. The lowest BCUT2D eigenvalue weighted by atomic mass is 10.1. The highest BCUT2D eigenvalue weighted by atomic mass is 35.5. The van der Waals surface area contributed by atoms with Crippen LogP contribution in [-0.2, 0) is 11.3 Å². The Morgan fingerprint density at radius 3 is 2.58 bits per heavy atom. The van der Waals surface area contributed by atoms with Gasteiger partial charge in [-0.25, -0.2) is 9.79 Å². The summed E-state index contributed by atoms with van der Waals surface area (Å²) in [4.78, 5) is 18.7. The quantitative estimate of drug-likeness (QED) is 0.403. The lowest BCUT2D eigenvalue weighted by Gasteiger charge is -2.12. The van der Waals surface area contributed by atoms with Crippen LogP contribution in [0.5, 0.6) is 5.75 Å². The zero-order valence-electron chi connectivity index (χ0n) is 15.5. The highest BCUT2D eigenvalue weighted by molar-refractivity contribution is 6.33. The summed E-state index contributed by atoms with van der Waals surface area (Å²) in [5, 5.41) is 0.355. The predicted octanol–water partition coefficient (Wildman–Crippen LogP) is 4.63. The Balaban J connectivity index is 2.17. The Labute approximate surface area is 159 Å². The average Bonchev–Trinajstić information content (AvgIpc) is 2.65. The molecule has 0 aliphatic heterocycles. The summed E-state index contributed by atoms with van der Waals surface area (Å²) >= 11 is 6.27. The molecule has 0 aromatic heterocycles. The molecule has 6 heteroatoms. The molecule has 0 unspecified atom stereocenters. The zero-order chi connectivity index (χ0) is 19.1. The van der Waals surface area contributed by atoms with E-state index in [2.05, 4.69) is 4.99 Å². The number of hydrogen-bond donors (Lipinski definition) is 0. The van der Waals surface area contributed by atoms with E-state index in [9.17, 15) is 4.79 Å². The van der Waals surface area contributed by atoms with E-state index in [0.717, 1.165) is 17.7 Å². The van der Waals surface area contributed by atoms with E-state index in [1.54, 1.807) is 12.4 Å². The van der Waals surface area contributed by atoms with Crippen molar-refractivity contribution in [3.05, 3.63) is 58.1 Å². The van der Waals surface area contributed by atoms with Crippen molar-refractivity contribution in [3.8, 4) is 5.75 Å². The number of ether oxygens (including phenoxy) is 2. The number of carbonyl (C=O) groups is 1. The molecule has 0 radical (unpaired) electrons. The molecule has 0 bridgehead atoms. The SMILES string of the molecule is CCN(C)C=Nc1cc(OC)c(C(=O)OCc2ccc(C)cc2)cc1Cl. The highest BCUT2D eigenvalue weighted by Crippen LogP contribution is 2.33. The van der Waals surface area contributed by atoms with Gasteiger partial charge < -0.3 is 14.4 Å². The minimum atomic E-state index is -0.495. The summed E-state index contributed by atoms with van der Waals surface area (Å²) in [6.45, 7) is 5.02. The van der Waals surface area contributed by atoms with E-state index in [-0.39, 0.29) is 12.2 Å². The summed E-state index contributed by atoms with van der Waals surface area (Å²) in [6.07, 6.45) is 1.68. The predicted molar refractivity (Wildman–Crippen MR) is 105 cm³/mol. The normalized spacial score (nSPS) is 10.8. The third-order valence-electron chi connectivity index (χ3n) is 3.87. The Morgan fingerprint density at radius 2 is 1.96 bits per heavy atom. The minimum Gasteiger partial charge on any atom is -0.496 e. The van der Waals surface area contributed by atoms with Crippen LogP contribution in [0.2, 0.25) is 5.02 Å². The van der Waals surface area contributed by atoms with Crippen molar-refractivity contribution in [2.24, 2.45) is 4.99 Å². The van der Waals surface area contributed by atoms with Crippen LogP contribution < -0.4 is 4.74 Å². The second kappa shape index (κ2) is 9.25. The second-order valence-electron chi connectivity index (χ2n) is 5.88. The van der Waals surface area contributed by atoms with Crippen LogP contribution in [0.4, 0.5) is 5.69 Å². The number of rotatable bonds is 7. The maximum atomic E-state index is 12.4. The van der Waals surface area contributed by atoms with Crippen LogP contribution in [0.3, 0.4) is 0 Å². The highest BCUT2D eigenvalue weighted by Gasteiger charge is 2.17.